The highest BCUT2D eigenvalue weighted by molar-refractivity contribution is 5.97. The summed E-state index contributed by atoms with van der Waals surface area (Å²) in [6.45, 7) is 2.38. The normalized spacial score (nSPS) is 11.0. The van der Waals surface area contributed by atoms with Gasteiger partial charge < -0.3 is 30.2 Å². The first-order valence-corrected chi connectivity index (χ1v) is 11.4. The van der Waals surface area contributed by atoms with Crippen molar-refractivity contribution < 1.29 is 19.0 Å². The van der Waals surface area contributed by atoms with Crippen LogP contribution in [0.25, 0.3) is 28.1 Å². The number of nitrogens with two attached hydrogens (primary N) is 1. The lowest BCUT2D eigenvalue weighted by molar-refractivity contribution is 0.414. The van der Waals surface area contributed by atoms with Crippen LogP contribution in [0.2, 0.25) is 0 Å². The summed E-state index contributed by atoms with van der Waals surface area (Å²) in [5.41, 5.74) is 11.0. The van der Waals surface area contributed by atoms with E-state index >= 15 is 0 Å². The number of fused-ring (bicyclic) bond motifs is 1. The number of nitrogens with zero attached hydrogens (tertiary/aromatic N) is 4. The molecule has 0 spiro atoms. The van der Waals surface area contributed by atoms with Crippen LogP contribution in [0.1, 0.15) is 11.1 Å². The maximum Gasteiger partial charge on any atom is 0.166 e. The Labute approximate surface area is 212 Å². The zero-order valence-electron chi connectivity index (χ0n) is 20.5. The van der Waals surface area contributed by atoms with E-state index in [9.17, 15) is 9.50 Å². The summed E-state index contributed by atoms with van der Waals surface area (Å²) in [6, 6.07) is 13.5. The molecule has 188 valence electrons. The van der Waals surface area contributed by atoms with Gasteiger partial charge in [-0.2, -0.15) is 0 Å². The Bertz CT molecular complexity index is 1600. The molecule has 0 aliphatic carbocycles. The van der Waals surface area contributed by atoms with E-state index in [1.54, 1.807) is 19.2 Å². The highest BCUT2D eigenvalue weighted by atomic mass is 19.1. The summed E-state index contributed by atoms with van der Waals surface area (Å²) < 4.78 is 27.2. The Morgan fingerprint density at radius 1 is 1.03 bits per heavy atom. The van der Waals surface area contributed by atoms with Crippen molar-refractivity contribution >= 4 is 22.5 Å². The molecule has 0 amide bonds. The standard InChI is InChI=1S/C27H25FN6O3/c1-15-23-26(27(33-14-32-23)31-12-16-4-7-19(36-2)8-5-16)34(18-6-9-21(35)20(28)11-18)25(15)24-22(37-3)10-17(29)13-30-24/h4-11,13-14,35H,12,29H2,1-3H3,(H,31,32,33). The van der Waals surface area contributed by atoms with Crippen molar-refractivity contribution in [3.05, 3.63) is 78.0 Å². The molecule has 5 aromatic rings. The van der Waals surface area contributed by atoms with Crippen LogP contribution in [-0.2, 0) is 6.54 Å². The molecular weight excluding hydrogens is 475 g/mol. The molecule has 4 N–H and O–H groups in total. The lowest BCUT2D eigenvalue weighted by atomic mass is 10.1. The van der Waals surface area contributed by atoms with Crippen LogP contribution >= 0.6 is 0 Å². The molecular formula is C27H25FN6O3. The van der Waals surface area contributed by atoms with Gasteiger partial charge in [0.25, 0.3) is 0 Å². The molecule has 0 saturated carbocycles. The third kappa shape index (κ3) is 4.33. The number of phenols is 1. The van der Waals surface area contributed by atoms with Gasteiger partial charge in [-0.05, 0) is 36.8 Å². The Morgan fingerprint density at radius 3 is 2.51 bits per heavy atom. The first-order chi connectivity index (χ1) is 17.9. The fourth-order valence-corrected chi connectivity index (χ4v) is 4.28. The first kappa shape index (κ1) is 23.9. The number of aromatic nitrogens is 4. The SMILES string of the molecule is COc1ccc(CNc2ncnc3c(C)c(-c4ncc(N)cc4OC)n(-c4ccc(O)c(F)c4)c23)cc1. The van der Waals surface area contributed by atoms with Crippen molar-refractivity contribution in [3.8, 4) is 34.3 Å². The van der Waals surface area contributed by atoms with Crippen molar-refractivity contribution in [2.45, 2.75) is 13.5 Å². The molecule has 0 aliphatic heterocycles. The number of hydrogen-bond acceptors (Lipinski definition) is 8. The summed E-state index contributed by atoms with van der Waals surface area (Å²) in [5, 5.41) is 13.2. The van der Waals surface area contributed by atoms with Gasteiger partial charge in [-0.15, -0.1) is 0 Å². The number of methoxy groups -OCH3 is 2. The van der Waals surface area contributed by atoms with E-state index in [1.807, 2.05) is 35.8 Å². The van der Waals surface area contributed by atoms with Gasteiger partial charge in [0.1, 0.15) is 29.0 Å². The van der Waals surface area contributed by atoms with Crippen molar-refractivity contribution in [1.82, 2.24) is 19.5 Å². The smallest absolute Gasteiger partial charge is 0.166 e. The second-order valence-corrected chi connectivity index (χ2v) is 8.39. The third-order valence-electron chi connectivity index (χ3n) is 6.11. The van der Waals surface area contributed by atoms with Crippen LogP contribution in [0.3, 0.4) is 0 Å². The lowest BCUT2D eigenvalue weighted by Crippen LogP contribution is -2.06. The second kappa shape index (κ2) is 9.65. The molecule has 9 nitrogen and oxygen atoms in total. The van der Waals surface area contributed by atoms with Crippen molar-refractivity contribution in [2.24, 2.45) is 0 Å². The predicted octanol–water partition coefficient (Wildman–Crippen LogP) is 4.85. The van der Waals surface area contributed by atoms with Crippen molar-refractivity contribution in [2.75, 3.05) is 25.3 Å². The molecule has 2 aromatic carbocycles. The van der Waals surface area contributed by atoms with Gasteiger partial charge >= 0.3 is 0 Å². The molecule has 3 aromatic heterocycles. The van der Waals surface area contributed by atoms with Crippen molar-refractivity contribution in [3.63, 3.8) is 0 Å². The van der Waals surface area contributed by atoms with Crippen LogP contribution in [0.5, 0.6) is 17.2 Å². The molecule has 0 bridgehead atoms. The van der Waals surface area contributed by atoms with E-state index in [0.29, 0.717) is 51.9 Å². The number of pyridine rings is 1. The number of benzene rings is 2. The molecule has 5 rings (SSSR count). The van der Waals surface area contributed by atoms with Gasteiger partial charge in [-0.1, -0.05) is 12.1 Å². The maximum absolute atomic E-state index is 14.6. The summed E-state index contributed by atoms with van der Waals surface area (Å²) in [4.78, 5) is 13.6. The van der Waals surface area contributed by atoms with Gasteiger partial charge in [-0.3, -0.25) is 0 Å². The minimum Gasteiger partial charge on any atom is -0.505 e. The van der Waals surface area contributed by atoms with E-state index in [-0.39, 0.29) is 0 Å². The van der Waals surface area contributed by atoms with Crippen LogP contribution in [0.4, 0.5) is 15.9 Å². The fourth-order valence-electron chi connectivity index (χ4n) is 4.28. The van der Waals surface area contributed by atoms with Gasteiger partial charge in [0, 0.05) is 29.9 Å². The highest BCUT2D eigenvalue weighted by Crippen LogP contribution is 2.41. The molecule has 0 radical (unpaired) electrons. The van der Waals surface area contributed by atoms with Crippen LogP contribution in [0, 0.1) is 12.7 Å². The van der Waals surface area contributed by atoms with E-state index in [2.05, 4.69) is 20.3 Å². The number of halogens is 1. The van der Waals surface area contributed by atoms with Gasteiger partial charge in [0.15, 0.2) is 17.4 Å². The number of nitrogen functional groups attached to an aromatic ring is 1. The van der Waals surface area contributed by atoms with E-state index in [1.165, 1.54) is 31.8 Å². The van der Waals surface area contributed by atoms with E-state index in [0.717, 1.165) is 16.9 Å². The zero-order chi connectivity index (χ0) is 26.1. The highest BCUT2D eigenvalue weighted by Gasteiger charge is 2.25. The predicted molar refractivity (Wildman–Crippen MR) is 140 cm³/mol. The molecule has 10 heteroatoms. The lowest BCUT2D eigenvalue weighted by Gasteiger charge is -2.16. The van der Waals surface area contributed by atoms with Crippen LogP contribution in [-0.4, -0.2) is 38.8 Å². The molecule has 0 saturated heterocycles. The number of aromatic hydroxyl groups is 1. The molecule has 0 fully saturated rings. The van der Waals surface area contributed by atoms with E-state index < -0.39 is 11.6 Å². The van der Waals surface area contributed by atoms with Gasteiger partial charge in [0.2, 0.25) is 0 Å². The minimum atomic E-state index is -0.759. The Morgan fingerprint density at radius 2 is 1.81 bits per heavy atom. The Kier molecular flexibility index (Phi) is 6.22. The quantitative estimate of drug-likeness (QED) is 0.290. The molecule has 0 aliphatic rings. The number of rotatable bonds is 7. The largest absolute Gasteiger partial charge is 0.505 e. The number of phenolic OH excluding ortho intramolecular Hbond substituents is 1. The second-order valence-electron chi connectivity index (χ2n) is 8.39. The molecule has 0 atom stereocenters. The zero-order valence-corrected chi connectivity index (χ0v) is 20.5. The maximum atomic E-state index is 14.6. The van der Waals surface area contributed by atoms with Crippen LogP contribution in [0.15, 0.2) is 61.1 Å². The average Bonchev–Trinajstić information content (AvgIpc) is 3.21. The number of aryl methyl sites for hydroxylation is 1. The number of hydrogen-bond donors (Lipinski definition) is 3. The summed E-state index contributed by atoms with van der Waals surface area (Å²) >= 11 is 0. The Balaban J connectivity index is 1.73. The Hall–Kier alpha value is -4.86. The summed E-state index contributed by atoms with van der Waals surface area (Å²) in [7, 11) is 3.15. The van der Waals surface area contributed by atoms with Gasteiger partial charge in [0.05, 0.1) is 37.3 Å². The topological polar surface area (TPSA) is 120 Å². The van der Waals surface area contributed by atoms with E-state index in [4.69, 9.17) is 15.2 Å². The molecule has 0 unspecified atom stereocenters. The number of nitrogens with one attached hydrogen (secondary N) is 1. The summed E-state index contributed by atoms with van der Waals surface area (Å²) in [5.74, 6) is 0.548. The number of anilines is 2. The minimum absolute atomic E-state index is 0.443. The first-order valence-electron chi connectivity index (χ1n) is 11.4. The third-order valence-corrected chi connectivity index (χ3v) is 6.11. The average molecular weight is 501 g/mol. The fraction of sp³-hybridized carbons (Fsp3) is 0.148. The van der Waals surface area contributed by atoms with Crippen LogP contribution < -0.4 is 20.5 Å². The number of ether oxygens (including phenoxy) is 2. The van der Waals surface area contributed by atoms with Crippen molar-refractivity contribution in [1.29, 1.82) is 0 Å². The summed E-state index contributed by atoms with van der Waals surface area (Å²) in [6.07, 6.45) is 3.01. The monoisotopic (exact) mass is 500 g/mol. The molecule has 3 heterocycles. The van der Waals surface area contributed by atoms with Gasteiger partial charge in [-0.25, -0.2) is 19.3 Å². The molecule has 37 heavy (non-hydrogen) atoms.